The van der Waals surface area contributed by atoms with Crippen LogP contribution in [0.2, 0.25) is 5.02 Å². The van der Waals surface area contributed by atoms with Crippen LogP contribution in [-0.4, -0.2) is 21.9 Å². The second-order valence-electron chi connectivity index (χ2n) is 8.53. The van der Waals surface area contributed by atoms with Crippen molar-refractivity contribution in [2.75, 3.05) is 7.11 Å². The van der Waals surface area contributed by atoms with Crippen LogP contribution in [0.1, 0.15) is 50.1 Å². The van der Waals surface area contributed by atoms with Crippen molar-refractivity contribution in [3.8, 4) is 5.88 Å². The Morgan fingerprint density at radius 3 is 2.58 bits per heavy atom. The lowest BCUT2D eigenvalue weighted by Gasteiger charge is -2.33. The molecule has 4 aromatic rings. The molecule has 160 valence electrons. The zero-order valence-electron chi connectivity index (χ0n) is 17.7. The first-order chi connectivity index (χ1) is 15.0. The van der Waals surface area contributed by atoms with Gasteiger partial charge in [-0.1, -0.05) is 11.6 Å². The van der Waals surface area contributed by atoms with Crippen molar-refractivity contribution in [2.24, 2.45) is 5.92 Å². The summed E-state index contributed by atoms with van der Waals surface area (Å²) < 4.78 is 21.6. The molecule has 5 rings (SSSR count). The topological polar surface area (TPSA) is 39.9 Å². The minimum absolute atomic E-state index is 0.206. The van der Waals surface area contributed by atoms with E-state index in [1.165, 1.54) is 11.6 Å². The van der Waals surface area contributed by atoms with Gasteiger partial charge in [0.2, 0.25) is 5.88 Å². The summed E-state index contributed by atoms with van der Waals surface area (Å²) >= 11 is 6.19. The van der Waals surface area contributed by atoms with Crippen LogP contribution < -0.4 is 4.74 Å². The summed E-state index contributed by atoms with van der Waals surface area (Å²) in [5.74, 6) is 1.48. The number of pyridine rings is 1. The highest BCUT2D eigenvalue weighted by atomic mass is 35.5. The van der Waals surface area contributed by atoms with Crippen LogP contribution in [0.4, 0.5) is 4.39 Å². The van der Waals surface area contributed by atoms with Crippen LogP contribution in [0.15, 0.2) is 48.7 Å². The average Bonchev–Trinajstić information content (AvgIpc) is 3.16. The fraction of sp³-hybridized carbons (Fsp3) is 0.360. The average molecular weight is 438 g/mol. The van der Waals surface area contributed by atoms with Crippen LogP contribution in [0.3, 0.4) is 0 Å². The predicted octanol–water partition coefficient (Wildman–Crippen LogP) is 6.92. The van der Waals surface area contributed by atoms with Crippen LogP contribution in [0, 0.1) is 11.7 Å². The number of hydrogen-bond donors (Lipinski definition) is 0. The maximum absolute atomic E-state index is 13.9. The van der Waals surface area contributed by atoms with E-state index in [0.717, 1.165) is 53.4 Å². The Balaban J connectivity index is 1.38. The molecular formula is C25H25ClFN3O. The number of halogens is 2. The van der Waals surface area contributed by atoms with Crippen LogP contribution in [-0.2, 0) is 0 Å². The Hall–Kier alpha value is -2.66. The number of methoxy groups -OCH3 is 1. The van der Waals surface area contributed by atoms with E-state index in [1.54, 1.807) is 19.2 Å². The van der Waals surface area contributed by atoms with Gasteiger partial charge in [0, 0.05) is 16.6 Å². The van der Waals surface area contributed by atoms with E-state index < -0.39 is 0 Å². The van der Waals surface area contributed by atoms with Gasteiger partial charge in [0.1, 0.15) is 5.82 Å². The third-order valence-electron chi connectivity index (χ3n) is 6.82. The molecule has 1 saturated carbocycles. The molecule has 0 aliphatic heterocycles. The lowest BCUT2D eigenvalue weighted by Crippen LogP contribution is -2.23. The SMILES string of the molecule is COc1c2cc(Cl)ccc2nn1[C@@H](C)C1CCC(c2ccnc3ccc(F)cc23)CC1. The second-order valence-corrected chi connectivity index (χ2v) is 8.97. The fourth-order valence-electron chi connectivity index (χ4n) is 5.14. The second kappa shape index (κ2) is 8.12. The molecule has 0 saturated heterocycles. The largest absolute Gasteiger partial charge is 0.481 e. The number of benzene rings is 2. The summed E-state index contributed by atoms with van der Waals surface area (Å²) in [6.45, 7) is 2.22. The Morgan fingerprint density at radius 1 is 1.03 bits per heavy atom. The molecule has 2 aromatic carbocycles. The van der Waals surface area contributed by atoms with Crippen molar-refractivity contribution in [2.45, 2.75) is 44.6 Å². The van der Waals surface area contributed by atoms with Gasteiger partial charge >= 0.3 is 0 Å². The Bertz CT molecular complexity index is 1250. The molecule has 1 aliphatic rings. The molecule has 4 nitrogen and oxygen atoms in total. The standard InChI is InChI=1S/C25H25ClFN3O/c1-15(30-25(31-2)22-13-18(26)7-9-24(22)29-30)16-3-5-17(6-4-16)20-11-12-28-23-10-8-19(27)14-21(20)23/h7-17H,3-6H2,1-2H3/t15-,16?,17?/m0/s1. The van der Waals surface area contributed by atoms with Gasteiger partial charge in [0.15, 0.2) is 0 Å². The minimum Gasteiger partial charge on any atom is -0.481 e. The molecule has 6 heteroatoms. The Labute approximate surface area is 186 Å². The van der Waals surface area contributed by atoms with Crippen molar-refractivity contribution < 1.29 is 9.13 Å². The third-order valence-corrected chi connectivity index (χ3v) is 7.06. The molecule has 0 amide bonds. The zero-order chi connectivity index (χ0) is 21.5. The van der Waals surface area contributed by atoms with E-state index in [-0.39, 0.29) is 11.9 Å². The first-order valence-electron chi connectivity index (χ1n) is 10.8. The van der Waals surface area contributed by atoms with Gasteiger partial charge in [-0.25, -0.2) is 9.07 Å². The Kier molecular flexibility index (Phi) is 5.30. The first kappa shape index (κ1) is 20.3. The highest BCUT2D eigenvalue weighted by Gasteiger charge is 2.30. The van der Waals surface area contributed by atoms with E-state index in [4.69, 9.17) is 21.4 Å². The van der Waals surface area contributed by atoms with E-state index in [9.17, 15) is 4.39 Å². The summed E-state index contributed by atoms with van der Waals surface area (Å²) in [6, 6.07) is 12.9. The smallest absolute Gasteiger partial charge is 0.219 e. The summed E-state index contributed by atoms with van der Waals surface area (Å²) in [4.78, 5) is 4.41. The molecule has 0 bridgehead atoms. The lowest BCUT2D eigenvalue weighted by molar-refractivity contribution is 0.219. The normalized spacial score (nSPS) is 20.3. The van der Waals surface area contributed by atoms with Crippen molar-refractivity contribution in [3.05, 3.63) is 65.1 Å². The van der Waals surface area contributed by atoms with E-state index in [2.05, 4.69) is 18.0 Å². The molecule has 0 N–H and O–H groups in total. The number of rotatable bonds is 4. The Morgan fingerprint density at radius 2 is 1.81 bits per heavy atom. The molecule has 0 spiro atoms. The highest BCUT2D eigenvalue weighted by molar-refractivity contribution is 6.31. The summed E-state index contributed by atoms with van der Waals surface area (Å²) in [7, 11) is 1.69. The van der Waals surface area contributed by atoms with Gasteiger partial charge in [-0.15, -0.1) is 0 Å². The van der Waals surface area contributed by atoms with E-state index >= 15 is 0 Å². The number of ether oxygens (including phenoxy) is 1. The first-order valence-corrected chi connectivity index (χ1v) is 11.2. The zero-order valence-corrected chi connectivity index (χ0v) is 18.4. The van der Waals surface area contributed by atoms with E-state index in [1.807, 2.05) is 29.1 Å². The number of nitrogens with zero attached hydrogens (tertiary/aromatic N) is 3. The molecule has 31 heavy (non-hydrogen) atoms. The van der Waals surface area contributed by atoms with Crippen molar-refractivity contribution in [1.29, 1.82) is 0 Å². The summed E-state index contributed by atoms with van der Waals surface area (Å²) in [5, 5.41) is 7.38. The maximum Gasteiger partial charge on any atom is 0.219 e. The van der Waals surface area contributed by atoms with Gasteiger partial charge < -0.3 is 4.74 Å². The third kappa shape index (κ3) is 3.65. The maximum atomic E-state index is 13.9. The molecule has 1 fully saturated rings. The predicted molar refractivity (Wildman–Crippen MR) is 122 cm³/mol. The molecule has 2 heterocycles. The fourth-order valence-corrected chi connectivity index (χ4v) is 5.31. The van der Waals surface area contributed by atoms with Gasteiger partial charge in [-0.2, -0.15) is 5.10 Å². The van der Waals surface area contributed by atoms with Crippen LogP contribution in [0.25, 0.3) is 21.8 Å². The molecule has 2 aromatic heterocycles. The minimum atomic E-state index is -0.206. The lowest BCUT2D eigenvalue weighted by atomic mass is 9.75. The number of fused-ring (bicyclic) bond motifs is 2. The monoisotopic (exact) mass is 437 g/mol. The summed E-state index contributed by atoms with van der Waals surface area (Å²) in [5.41, 5.74) is 2.97. The van der Waals surface area contributed by atoms with Gasteiger partial charge in [-0.05, 0) is 92.5 Å². The van der Waals surface area contributed by atoms with E-state index in [0.29, 0.717) is 16.9 Å². The quantitative estimate of drug-likeness (QED) is 0.348. The van der Waals surface area contributed by atoms with Crippen LogP contribution in [0.5, 0.6) is 5.88 Å². The van der Waals surface area contributed by atoms with Crippen molar-refractivity contribution in [1.82, 2.24) is 14.8 Å². The summed E-state index contributed by atoms with van der Waals surface area (Å²) in [6.07, 6.45) is 6.16. The molecule has 0 radical (unpaired) electrons. The van der Waals surface area contributed by atoms with Gasteiger partial charge in [0.25, 0.3) is 0 Å². The van der Waals surface area contributed by atoms with Crippen LogP contribution >= 0.6 is 11.6 Å². The number of hydrogen-bond acceptors (Lipinski definition) is 3. The van der Waals surface area contributed by atoms with Gasteiger partial charge in [0.05, 0.1) is 29.6 Å². The van der Waals surface area contributed by atoms with Crippen molar-refractivity contribution >= 4 is 33.4 Å². The molecule has 0 unspecified atom stereocenters. The number of aromatic nitrogens is 3. The molecular weight excluding hydrogens is 413 g/mol. The van der Waals surface area contributed by atoms with Gasteiger partial charge in [-0.3, -0.25) is 4.98 Å². The molecule has 1 atom stereocenters. The molecule has 1 aliphatic carbocycles. The highest BCUT2D eigenvalue weighted by Crippen LogP contribution is 2.43. The van der Waals surface area contributed by atoms with Crippen molar-refractivity contribution in [3.63, 3.8) is 0 Å².